The van der Waals surface area contributed by atoms with Crippen molar-refractivity contribution in [1.29, 1.82) is 0 Å². The smallest absolute Gasteiger partial charge is 0.699 e. The summed E-state index contributed by atoms with van der Waals surface area (Å²) in [5.41, 5.74) is 10.4. The molecule has 0 radical (unpaired) electrons. The molecule has 2 aromatic rings. The second-order valence-corrected chi connectivity index (χ2v) is 4.89. The van der Waals surface area contributed by atoms with E-state index in [1.165, 1.54) is 30.4 Å². The van der Waals surface area contributed by atoms with E-state index in [9.17, 15) is 5.11 Å². The molecule has 1 aliphatic carbocycles. The first kappa shape index (κ1) is 18.7. The molecular formula is C17H20NO2Rb. The zero-order valence-corrected chi connectivity index (χ0v) is 17.6. The molecule has 0 fully saturated rings. The number of benzene rings is 2. The van der Waals surface area contributed by atoms with Gasteiger partial charge in [0.25, 0.3) is 0 Å². The van der Waals surface area contributed by atoms with Gasteiger partial charge in [-0.1, -0.05) is 18.2 Å². The minimum atomic E-state index is 0. The Kier molecular flexibility index (Phi) is 8.56. The summed E-state index contributed by atoms with van der Waals surface area (Å²) >= 11 is 0. The average Bonchev–Trinajstić information content (AvgIpc) is 2.47. The van der Waals surface area contributed by atoms with Crippen LogP contribution in [0, 0.1) is 0 Å². The second-order valence-electron chi connectivity index (χ2n) is 4.89. The molecular weight excluding hydrogens is 336 g/mol. The number of hydrogen-bond acceptors (Lipinski definition) is 2. The SMILES string of the molecule is COc1cccc([NH-])c1.Oc1ccc2c(c1)CCCC2.[Rb+]. The number of methoxy groups -OCH3 is 1. The molecule has 0 saturated heterocycles. The number of nitrogens with one attached hydrogen (secondary N) is 1. The molecule has 0 spiro atoms. The standard InChI is InChI=1S/C10H12O.C7H8NO.Rb/c11-10-6-5-8-3-1-2-4-9(8)7-10;1-9-7-4-2-3-6(8)5-7;/h5-7,11H,1-4H2;2-5,8H,1H3;/q;-1;+1. The third-order valence-electron chi connectivity index (χ3n) is 3.40. The van der Waals surface area contributed by atoms with E-state index in [0.717, 1.165) is 12.2 Å². The first-order valence-electron chi connectivity index (χ1n) is 6.85. The second kappa shape index (κ2) is 9.62. The van der Waals surface area contributed by atoms with Gasteiger partial charge < -0.3 is 15.6 Å². The molecule has 106 valence electrons. The quantitative estimate of drug-likeness (QED) is 0.845. The van der Waals surface area contributed by atoms with Crippen molar-refractivity contribution in [1.82, 2.24) is 0 Å². The molecule has 0 aromatic heterocycles. The maximum atomic E-state index is 9.19. The number of phenolic OH excluding ortho intramolecular Hbond substituents is 1. The van der Waals surface area contributed by atoms with E-state index < -0.39 is 0 Å². The Labute approximate surface area is 175 Å². The van der Waals surface area contributed by atoms with Gasteiger partial charge >= 0.3 is 58.2 Å². The van der Waals surface area contributed by atoms with Gasteiger partial charge in [-0.2, -0.15) is 0 Å². The number of ether oxygens (including phenoxy) is 1. The van der Waals surface area contributed by atoms with E-state index in [1.54, 1.807) is 31.4 Å². The monoisotopic (exact) mass is 355 g/mol. The maximum absolute atomic E-state index is 9.19. The number of rotatable bonds is 1. The van der Waals surface area contributed by atoms with Crippen LogP contribution in [0.4, 0.5) is 5.69 Å². The molecule has 21 heavy (non-hydrogen) atoms. The fraction of sp³-hybridized carbons (Fsp3) is 0.294. The first-order valence-corrected chi connectivity index (χ1v) is 6.85. The van der Waals surface area contributed by atoms with Gasteiger partial charge in [0.15, 0.2) is 0 Å². The molecule has 2 aromatic carbocycles. The summed E-state index contributed by atoms with van der Waals surface area (Å²) in [7, 11) is 1.59. The molecule has 0 saturated carbocycles. The van der Waals surface area contributed by atoms with E-state index in [2.05, 4.69) is 0 Å². The van der Waals surface area contributed by atoms with E-state index in [1.807, 2.05) is 18.2 Å². The number of hydrogen-bond donors (Lipinski definition) is 1. The zero-order valence-electron chi connectivity index (χ0n) is 12.7. The Morgan fingerprint density at radius 3 is 2.33 bits per heavy atom. The Hall–Kier alpha value is -0.355. The molecule has 0 heterocycles. The van der Waals surface area contributed by atoms with Crippen LogP contribution in [0.1, 0.15) is 24.0 Å². The van der Waals surface area contributed by atoms with Gasteiger partial charge in [-0.25, -0.2) is 0 Å². The van der Waals surface area contributed by atoms with Crippen LogP contribution in [0.2, 0.25) is 0 Å². The van der Waals surface area contributed by atoms with E-state index >= 15 is 0 Å². The Bertz CT molecular complexity index is 572. The van der Waals surface area contributed by atoms with Gasteiger partial charge in [-0.3, -0.25) is 0 Å². The van der Waals surface area contributed by atoms with Crippen molar-refractivity contribution in [3.05, 3.63) is 59.3 Å². The minimum Gasteiger partial charge on any atom is -0.699 e. The molecule has 3 nitrogen and oxygen atoms in total. The number of aromatic hydroxyl groups is 1. The van der Waals surface area contributed by atoms with Crippen molar-refractivity contribution in [3.63, 3.8) is 0 Å². The van der Waals surface area contributed by atoms with Crippen molar-refractivity contribution in [3.8, 4) is 11.5 Å². The summed E-state index contributed by atoms with van der Waals surface area (Å²) in [6.07, 6.45) is 4.91. The van der Waals surface area contributed by atoms with Crippen molar-refractivity contribution < 1.29 is 68.0 Å². The van der Waals surface area contributed by atoms with Gasteiger partial charge in [0.2, 0.25) is 0 Å². The van der Waals surface area contributed by atoms with E-state index in [4.69, 9.17) is 10.5 Å². The van der Waals surface area contributed by atoms with Crippen LogP contribution in [-0.2, 0) is 12.8 Å². The number of fused-ring (bicyclic) bond motifs is 1. The number of aryl methyl sites for hydroxylation is 2. The molecule has 0 atom stereocenters. The summed E-state index contributed by atoms with van der Waals surface area (Å²) < 4.78 is 4.88. The third kappa shape index (κ3) is 6.11. The Balaban J connectivity index is 0.000000205. The topological polar surface area (TPSA) is 53.3 Å². The van der Waals surface area contributed by atoms with Crippen LogP contribution in [-0.4, -0.2) is 12.2 Å². The fourth-order valence-electron chi connectivity index (χ4n) is 2.34. The molecule has 2 N–H and O–H groups in total. The summed E-state index contributed by atoms with van der Waals surface area (Å²) in [5.74, 6) is 1.15. The fourth-order valence-corrected chi connectivity index (χ4v) is 2.34. The van der Waals surface area contributed by atoms with Crippen LogP contribution in [0.3, 0.4) is 0 Å². The van der Waals surface area contributed by atoms with Gasteiger partial charge in [0.05, 0.1) is 7.11 Å². The Morgan fingerprint density at radius 2 is 1.71 bits per heavy atom. The summed E-state index contributed by atoms with van der Waals surface area (Å²) in [6, 6.07) is 12.7. The summed E-state index contributed by atoms with van der Waals surface area (Å²) in [5, 5.41) is 9.19. The molecule has 1 aliphatic rings. The minimum absolute atomic E-state index is 0. The van der Waals surface area contributed by atoms with Crippen LogP contribution < -0.4 is 62.9 Å². The normalized spacial score (nSPS) is 12.2. The third-order valence-corrected chi connectivity index (χ3v) is 3.40. The van der Waals surface area contributed by atoms with E-state index in [-0.39, 0.29) is 58.2 Å². The summed E-state index contributed by atoms with van der Waals surface area (Å²) in [6.45, 7) is 0. The van der Waals surface area contributed by atoms with Gasteiger partial charge in [0, 0.05) is 0 Å². The molecule has 4 heteroatoms. The van der Waals surface area contributed by atoms with Gasteiger partial charge in [0.1, 0.15) is 11.5 Å². The summed E-state index contributed by atoms with van der Waals surface area (Å²) in [4.78, 5) is 0. The van der Waals surface area contributed by atoms with Crippen LogP contribution in [0.15, 0.2) is 42.5 Å². The maximum Gasteiger partial charge on any atom is 1.00 e. The van der Waals surface area contributed by atoms with Crippen molar-refractivity contribution in [2.24, 2.45) is 0 Å². The predicted molar refractivity (Wildman–Crippen MR) is 81.7 cm³/mol. The molecule has 0 amide bonds. The average molecular weight is 356 g/mol. The molecule has 0 aliphatic heterocycles. The van der Waals surface area contributed by atoms with Crippen LogP contribution in [0.25, 0.3) is 5.73 Å². The molecule has 3 rings (SSSR count). The largest absolute Gasteiger partial charge is 1.00 e. The van der Waals surface area contributed by atoms with Crippen molar-refractivity contribution in [2.45, 2.75) is 25.7 Å². The molecule has 0 unspecified atom stereocenters. The van der Waals surface area contributed by atoms with E-state index in [0.29, 0.717) is 11.4 Å². The zero-order chi connectivity index (χ0) is 14.4. The van der Waals surface area contributed by atoms with Gasteiger partial charge in [-0.05, 0) is 61.1 Å². The van der Waals surface area contributed by atoms with Gasteiger partial charge in [-0.15, -0.1) is 5.69 Å². The van der Waals surface area contributed by atoms with Crippen molar-refractivity contribution in [2.75, 3.05) is 7.11 Å². The Morgan fingerprint density at radius 1 is 1.00 bits per heavy atom. The van der Waals surface area contributed by atoms with Crippen LogP contribution >= 0.6 is 0 Å². The predicted octanol–water partition coefficient (Wildman–Crippen LogP) is 1.65. The first-order chi connectivity index (χ1) is 9.69. The molecule has 0 bridgehead atoms. The van der Waals surface area contributed by atoms with Crippen molar-refractivity contribution >= 4 is 5.69 Å². The number of phenols is 1. The van der Waals surface area contributed by atoms with Crippen LogP contribution in [0.5, 0.6) is 11.5 Å².